The minimum absolute atomic E-state index is 0.252. The van der Waals surface area contributed by atoms with Crippen LogP contribution in [0.3, 0.4) is 0 Å². The van der Waals surface area contributed by atoms with Crippen molar-refractivity contribution in [1.29, 1.82) is 0 Å². The molecule has 1 nitrogen and oxygen atoms in total. The second-order valence-corrected chi connectivity index (χ2v) is 9.75. The number of aryl methyl sites for hydroxylation is 1. The number of benzene rings is 3. The highest BCUT2D eigenvalue weighted by molar-refractivity contribution is 5.83. The van der Waals surface area contributed by atoms with Crippen molar-refractivity contribution in [3.8, 4) is 0 Å². The van der Waals surface area contributed by atoms with Gasteiger partial charge in [0, 0.05) is 12.2 Å². The van der Waals surface area contributed by atoms with Gasteiger partial charge in [-0.3, -0.25) is 0 Å². The van der Waals surface area contributed by atoms with Crippen LogP contribution in [-0.2, 0) is 23.8 Å². The lowest BCUT2D eigenvalue weighted by molar-refractivity contribution is 0.332. The second-order valence-electron chi connectivity index (χ2n) is 9.75. The van der Waals surface area contributed by atoms with E-state index in [0.29, 0.717) is 0 Å². The van der Waals surface area contributed by atoms with E-state index >= 15 is 0 Å². The van der Waals surface area contributed by atoms with Gasteiger partial charge in [-0.2, -0.15) is 0 Å². The molecular weight excluding hydrogens is 338 g/mol. The molecule has 1 aliphatic rings. The summed E-state index contributed by atoms with van der Waals surface area (Å²) in [5.41, 5.74) is 7.52. The van der Waals surface area contributed by atoms with Gasteiger partial charge in [0.2, 0.25) is 0 Å². The summed E-state index contributed by atoms with van der Waals surface area (Å²) >= 11 is 0. The zero-order valence-electron chi connectivity index (χ0n) is 18.0. The number of fused-ring (bicyclic) bond motifs is 2. The van der Waals surface area contributed by atoms with E-state index < -0.39 is 0 Å². The summed E-state index contributed by atoms with van der Waals surface area (Å²) in [6.07, 6.45) is 3.60. The van der Waals surface area contributed by atoms with E-state index in [0.717, 1.165) is 13.0 Å². The first-order valence-corrected chi connectivity index (χ1v) is 10.7. The number of hydrogen-bond donors (Lipinski definition) is 1. The summed E-state index contributed by atoms with van der Waals surface area (Å²) in [6.45, 7) is 12.6. The predicted molar refractivity (Wildman–Crippen MR) is 122 cm³/mol. The molecule has 0 spiro atoms. The Morgan fingerprint density at radius 1 is 0.714 bits per heavy atom. The average Bonchev–Trinajstić information content (AvgIpc) is 2.69. The monoisotopic (exact) mass is 371 g/mol. The number of nitrogens with one attached hydrogen (secondary N) is 1. The third-order valence-corrected chi connectivity index (χ3v) is 6.73. The van der Waals surface area contributed by atoms with Gasteiger partial charge < -0.3 is 5.32 Å². The highest BCUT2D eigenvalue weighted by Crippen LogP contribution is 2.46. The molecule has 3 aromatic rings. The lowest BCUT2D eigenvalue weighted by Gasteiger charge is -2.42. The molecule has 0 fully saturated rings. The fourth-order valence-corrected chi connectivity index (χ4v) is 4.58. The van der Waals surface area contributed by atoms with Crippen molar-refractivity contribution in [3.05, 3.63) is 76.9 Å². The Hall–Kier alpha value is -2.28. The molecule has 0 saturated heterocycles. The quantitative estimate of drug-likeness (QED) is 0.505. The molecule has 3 aromatic carbocycles. The standard InChI is InChI=1S/C27H33N/c1-6-19-7-9-22-16-20(8-10-21(22)15-19)18-28-23-11-12-24-25(17-23)27(4,5)14-13-26(24,2)3/h7-12,15-17,28H,6,13-14,18H2,1-5H3. The molecule has 1 aliphatic carbocycles. The second kappa shape index (κ2) is 6.95. The molecule has 146 valence electrons. The third-order valence-electron chi connectivity index (χ3n) is 6.73. The van der Waals surface area contributed by atoms with Crippen LogP contribution in [0.15, 0.2) is 54.6 Å². The number of rotatable bonds is 4. The van der Waals surface area contributed by atoms with Gasteiger partial charge in [-0.05, 0) is 81.3 Å². The predicted octanol–water partition coefficient (Wildman–Crippen LogP) is 7.36. The van der Waals surface area contributed by atoms with Gasteiger partial charge in [-0.25, -0.2) is 0 Å². The van der Waals surface area contributed by atoms with Crippen LogP contribution in [0.5, 0.6) is 0 Å². The maximum absolute atomic E-state index is 3.66. The molecule has 1 heteroatoms. The third kappa shape index (κ3) is 3.55. The van der Waals surface area contributed by atoms with Crippen molar-refractivity contribution in [3.63, 3.8) is 0 Å². The lowest BCUT2D eigenvalue weighted by Crippen LogP contribution is -2.33. The molecule has 0 amide bonds. The maximum atomic E-state index is 3.66. The molecule has 0 saturated carbocycles. The Labute approximate surface area is 170 Å². The van der Waals surface area contributed by atoms with Gasteiger partial charge in [0.1, 0.15) is 0 Å². The summed E-state index contributed by atoms with van der Waals surface area (Å²) in [5, 5.41) is 6.32. The zero-order valence-corrected chi connectivity index (χ0v) is 18.0. The fourth-order valence-electron chi connectivity index (χ4n) is 4.58. The molecule has 1 N–H and O–H groups in total. The van der Waals surface area contributed by atoms with Crippen molar-refractivity contribution >= 4 is 16.5 Å². The molecule has 0 atom stereocenters. The molecule has 0 aliphatic heterocycles. The van der Waals surface area contributed by atoms with E-state index in [4.69, 9.17) is 0 Å². The molecule has 0 radical (unpaired) electrons. The zero-order chi connectivity index (χ0) is 19.9. The van der Waals surface area contributed by atoms with Crippen LogP contribution in [0, 0.1) is 0 Å². The highest BCUT2D eigenvalue weighted by atomic mass is 14.9. The fraction of sp³-hybridized carbons (Fsp3) is 0.407. The Morgan fingerprint density at radius 3 is 2.00 bits per heavy atom. The molecule has 28 heavy (non-hydrogen) atoms. The van der Waals surface area contributed by atoms with Gasteiger partial charge in [0.25, 0.3) is 0 Å². The van der Waals surface area contributed by atoms with Crippen molar-refractivity contribution in [1.82, 2.24) is 0 Å². The number of hydrogen-bond acceptors (Lipinski definition) is 1. The lowest BCUT2D eigenvalue weighted by atomic mass is 9.63. The van der Waals surface area contributed by atoms with E-state index in [-0.39, 0.29) is 10.8 Å². The van der Waals surface area contributed by atoms with Crippen LogP contribution in [0.25, 0.3) is 10.8 Å². The molecule has 4 rings (SSSR count). The van der Waals surface area contributed by atoms with Crippen LogP contribution in [0.2, 0.25) is 0 Å². The van der Waals surface area contributed by atoms with Gasteiger partial charge in [0.15, 0.2) is 0 Å². The average molecular weight is 372 g/mol. The van der Waals surface area contributed by atoms with Gasteiger partial charge >= 0.3 is 0 Å². The largest absolute Gasteiger partial charge is 0.381 e. The first-order valence-electron chi connectivity index (χ1n) is 10.7. The summed E-state index contributed by atoms with van der Waals surface area (Å²) in [7, 11) is 0. The van der Waals surface area contributed by atoms with Crippen molar-refractivity contribution in [2.75, 3.05) is 5.32 Å². The van der Waals surface area contributed by atoms with Crippen LogP contribution in [0.1, 0.15) is 69.7 Å². The summed E-state index contributed by atoms with van der Waals surface area (Å²) in [5.74, 6) is 0. The minimum atomic E-state index is 0.252. The Bertz CT molecular complexity index is 1010. The molecule has 0 heterocycles. The number of anilines is 1. The normalized spacial score (nSPS) is 17.3. The summed E-state index contributed by atoms with van der Waals surface area (Å²) in [6, 6.07) is 20.6. The highest BCUT2D eigenvalue weighted by Gasteiger charge is 2.36. The van der Waals surface area contributed by atoms with Crippen molar-refractivity contribution in [2.24, 2.45) is 0 Å². The molecular formula is C27H33N. The van der Waals surface area contributed by atoms with Crippen LogP contribution >= 0.6 is 0 Å². The first kappa shape index (κ1) is 19.1. The Balaban J connectivity index is 1.56. The molecule has 0 aromatic heterocycles. The summed E-state index contributed by atoms with van der Waals surface area (Å²) < 4.78 is 0. The van der Waals surface area contributed by atoms with E-state index in [1.54, 1.807) is 0 Å². The molecule has 0 bridgehead atoms. The van der Waals surface area contributed by atoms with Crippen LogP contribution < -0.4 is 5.32 Å². The minimum Gasteiger partial charge on any atom is -0.381 e. The molecule has 0 unspecified atom stereocenters. The van der Waals surface area contributed by atoms with E-state index in [1.807, 2.05) is 0 Å². The Morgan fingerprint density at radius 2 is 1.32 bits per heavy atom. The Kier molecular flexibility index (Phi) is 4.73. The van der Waals surface area contributed by atoms with Crippen molar-refractivity contribution in [2.45, 2.75) is 71.3 Å². The van der Waals surface area contributed by atoms with Gasteiger partial charge in [0.05, 0.1) is 0 Å². The van der Waals surface area contributed by atoms with E-state index in [1.165, 1.54) is 51.6 Å². The van der Waals surface area contributed by atoms with Crippen LogP contribution in [0.4, 0.5) is 5.69 Å². The van der Waals surface area contributed by atoms with Gasteiger partial charge in [-0.15, -0.1) is 0 Å². The van der Waals surface area contributed by atoms with Gasteiger partial charge in [-0.1, -0.05) is 71.0 Å². The first-order chi connectivity index (χ1) is 13.3. The van der Waals surface area contributed by atoms with Crippen molar-refractivity contribution < 1.29 is 0 Å². The summed E-state index contributed by atoms with van der Waals surface area (Å²) in [4.78, 5) is 0. The van der Waals surface area contributed by atoms with E-state index in [2.05, 4.69) is 94.5 Å². The smallest absolute Gasteiger partial charge is 0.0401 e. The maximum Gasteiger partial charge on any atom is 0.0401 e. The van der Waals surface area contributed by atoms with E-state index in [9.17, 15) is 0 Å². The topological polar surface area (TPSA) is 12.0 Å². The van der Waals surface area contributed by atoms with Crippen LogP contribution in [-0.4, -0.2) is 0 Å². The SMILES string of the molecule is CCc1ccc2cc(CNc3ccc4c(c3)C(C)(C)CCC4(C)C)ccc2c1.